The number of carbonyl (C=O) groups excluding carboxylic acids is 1. The van der Waals surface area contributed by atoms with E-state index in [1.807, 2.05) is 30.7 Å². The molecule has 0 spiro atoms. The Morgan fingerprint density at radius 3 is 2.54 bits per heavy atom. The van der Waals surface area contributed by atoms with E-state index >= 15 is 0 Å². The Hall–Kier alpha value is -4.03. The quantitative estimate of drug-likeness (QED) is 0.525. The number of carbonyl (C=O) groups is 1. The van der Waals surface area contributed by atoms with Gasteiger partial charge in [0.1, 0.15) is 11.7 Å². The molecule has 5 rings (SSSR count). The molecule has 0 aromatic carbocycles. The highest BCUT2D eigenvalue weighted by molar-refractivity contribution is 6.05. The SMILES string of the molecule is CC(C)[C@H]1C(=O)N2CCCc3nc(NCc4ccc(Oc5cnc(C(F)(F)F)nc5)nc4)nc(c32)N1C. The van der Waals surface area contributed by atoms with Crippen LogP contribution in [-0.4, -0.2) is 50.5 Å². The first-order valence-corrected chi connectivity index (χ1v) is 11.8. The number of amides is 1. The fraction of sp³-hybridized carbons (Fsp3) is 0.417. The van der Waals surface area contributed by atoms with E-state index in [0.29, 0.717) is 19.0 Å². The van der Waals surface area contributed by atoms with Crippen molar-refractivity contribution in [1.82, 2.24) is 24.9 Å². The molecule has 0 fully saturated rings. The lowest BCUT2D eigenvalue weighted by Crippen LogP contribution is -2.56. The Morgan fingerprint density at radius 1 is 1.14 bits per heavy atom. The topological polar surface area (TPSA) is 109 Å². The summed E-state index contributed by atoms with van der Waals surface area (Å²) in [5.41, 5.74) is 2.47. The van der Waals surface area contributed by atoms with Crippen molar-refractivity contribution in [2.45, 2.75) is 45.5 Å². The summed E-state index contributed by atoms with van der Waals surface area (Å²) < 4.78 is 43.2. The van der Waals surface area contributed by atoms with Crippen LogP contribution in [-0.2, 0) is 23.9 Å². The van der Waals surface area contributed by atoms with E-state index in [4.69, 9.17) is 9.72 Å². The third-order valence-electron chi connectivity index (χ3n) is 6.26. The van der Waals surface area contributed by atoms with Crippen molar-refractivity contribution in [3.63, 3.8) is 0 Å². The van der Waals surface area contributed by atoms with Gasteiger partial charge in [-0.05, 0) is 24.3 Å². The van der Waals surface area contributed by atoms with Gasteiger partial charge in [-0.3, -0.25) is 4.79 Å². The number of alkyl halides is 3. The molecule has 0 bridgehead atoms. The van der Waals surface area contributed by atoms with Gasteiger partial charge in [0.2, 0.25) is 23.6 Å². The highest BCUT2D eigenvalue weighted by Gasteiger charge is 2.42. The summed E-state index contributed by atoms with van der Waals surface area (Å²) in [7, 11) is 1.89. The molecule has 5 heterocycles. The maximum Gasteiger partial charge on any atom is 0.451 e. The molecule has 1 amide bonds. The number of likely N-dealkylation sites (N-methyl/N-ethyl adjacent to an activating group) is 1. The first kappa shape index (κ1) is 24.7. The van der Waals surface area contributed by atoms with Crippen LogP contribution in [0, 0.1) is 5.92 Å². The summed E-state index contributed by atoms with van der Waals surface area (Å²) in [5.74, 6) is 0.410. The van der Waals surface area contributed by atoms with Crippen molar-refractivity contribution in [2.24, 2.45) is 5.92 Å². The van der Waals surface area contributed by atoms with E-state index in [-0.39, 0.29) is 29.5 Å². The molecule has 0 radical (unpaired) electrons. The molecular formula is C24H25F3N8O2. The van der Waals surface area contributed by atoms with Crippen LogP contribution in [0.1, 0.15) is 37.4 Å². The van der Waals surface area contributed by atoms with Gasteiger partial charge < -0.3 is 19.9 Å². The van der Waals surface area contributed by atoms with Gasteiger partial charge in [0.05, 0.1) is 18.1 Å². The molecule has 10 nitrogen and oxygen atoms in total. The molecule has 2 aliphatic rings. The molecule has 1 N–H and O–H groups in total. The van der Waals surface area contributed by atoms with Crippen molar-refractivity contribution in [2.75, 3.05) is 28.7 Å². The average Bonchev–Trinajstić information content (AvgIpc) is 2.86. The predicted molar refractivity (Wildman–Crippen MR) is 128 cm³/mol. The molecule has 0 saturated carbocycles. The van der Waals surface area contributed by atoms with Gasteiger partial charge >= 0.3 is 6.18 Å². The Labute approximate surface area is 210 Å². The molecule has 2 aliphatic heterocycles. The van der Waals surface area contributed by atoms with Gasteiger partial charge in [-0.1, -0.05) is 19.9 Å². The van der Waals surface area contributed by atoms with E-state index in [2.05, 4.69) is 25.3 Å². The number of hydrogen-bond donors (Lipinski definition) is 1. The fourth-order valence-electron chi connectivity index (χ4n) is 4.58. The van der Waals surface area contributed by atoms with Crippen molar-refractivity contribution in [1.29, 1.82) is 0 Å². The highest BCUT2D eigenvalue weighted by Crippen LogP contribution is 2.41. The van der Waals surface area contributed by atoms with Crippen molar-refractivity contribution in [3.8, 4) is 11.6 Å². The molecule has 3 aromatic heterocycles. The van der Waals surface area contributed by atoms with E-state index in [0.717, 1.165) is 48.0 Å². The molecular weight excluding hydrogens is 489 g/mol. The zero-order valence-corrected chi connectivity index (χ0v) is 20.5. The number of aryl methyl sites for hydroxylation is 1. The smallest absolute Gasteiger partial charge is 0.436 e. The molecule has 1 atom stereocenters. The summed E-state index contributed by atoms with van der Waals surface area (Å²) in [4.78, 5) is 37.0. The molecule has 3 aromatic rings. The summed E-state index contributed by atoms with van der Waals surface area (Å²) in [6.45, 7) is 5.11. The fourth-order valence-corrected chi connectivity index (χ4v) is 4.58. The molecule has 0 aliphatic carbocycles. The van der Waals surface area contributed by atoms with Crippen LogP contribution in [0.5, 0.6) is 11.6 Å². The van der Waals surface area contributed by atoms with Crippen molar-refractivity contribution in [3.05, 3.63) is 47.8 Å². The lowest BCUT2D eigenvalue weighted by molar-refractivity contribution is -0.145. The molecule has 0 saturated heterocycles. The minimum absolute atomic E-state index is 0.0409. The number of nitrogens with zero attached hydrogens (tertiary/aromatic N) is 7. The zero-order valence-electron chi connectivity index (χ0n) is 20.5. The third kappa shape index (κ3) is 4.85. The minimum atomic E-state index is -4.62. The van der Waals surface area contributed by atoms with Crippen LogP contribution in [0.15, 0.2) is 30.7 Å². The third-order valence-corrected chi connectivity index (χ3v) is 6.26. The highest BCUT2D eigenvalue weighted by atomic mass is 19.4. The maximum absolute atomic E-state index is 13.1. The average molecular weight is 515 g/mol. The van der Waals surface area contributed by atoms with E-state index < -0.39 is 12.0 Å². The van der Waals surface area contributed by atoms with Gasteiger partial charge in [0, 0.05) is 32.4 Å². The Bertz CT molecular complexity index is 1300. The summed E-state index contributed by atoms with van der Waals surface area (Å²) in [6.07, 6.45) is 0.471. The number of anilines is 3. The van der Waals surface area contributed by atoms with Gasteiger partial charge in [0.25, 0.3) is 0 Å². The molecule has 0 unspecified atom stereocenters. The lowest BCUT2D eigenvalue weighted by atomic mass is 9.95. The van der Waals surface area contributed by atoms with E-state index in [1.54, 1.807) is 18.3 Å². The van der Waals surface area contributed by atoms with Crippen LogP contribution in [0.3, 0.4) is 0 Å². The number of aromatic nitrogens is 5. The van der Waals surface area contributed by atoms with Crippen LogP contribution >= 0.6 is 0 Å². The summed E-state index contributed by atoms with van der Waals surface area (Å²) in [6, 6.07) is 3.08. The number of ether oxygens (including phenoxy) is 1. The first-order chi connectivity index (χ1) is 17.6. The largest absolute Gasteiger partial charge is 0.451 e. The second kappa shape index (κ2) is 9.45. The molecule has 194 valence electrons. The van der Waals surface area contributed by atoms with Gasteiger partial charge in [0.15, 0.2) is 11.6 Å². The van der Waals surface area contributed by atoms with E-state index in [1.165, 1.54) is 0 Å². The Kier molecular flexibility index (Phi) is 6.30. The van der Waals surface area contributed by atoms with Crippen LogP contribution in [0.2, 0.25) is 0 Å². The predicted octanol–water partition coefficient (Wildman–Crippen LogP) is 3.84. The van der Waals surface area contributed by atoms with Crippen LogP contribution in [0.25, 0.3) is 0 Å². The maximum atomic E-state index is 13.1. The van der Waals surface area contributed by atoms with Crippen molar-refractivity contribution < 1.29 is 22.7 Å². The number of hydrogen-bond acceptors (Lipinski definition) is 9. The second-order valence-corrected chi connectivity index (χ2v) is 9.26. The van der Waals surface area contributed by atoms with Crippen LogP contribution < -0.4 is 19.9 Å². The van der Waals surface area contributed by atoms with Gasteiger partial charge in [-0.25, -0.2) is 19.9 Å². The molecule has 37 heavy (non-hydrogen) atoms. The van der Waals surface area contributed by atoms with Gasteiger partial charge in [-0.15, -0.1) is 0 Å². The standard InChI is InChI=1S/C24H25F3N8O2/c1-13(2)18-21(36)35-8-4-5-16-19(35)20(34(18)3)33-23(32-16)31-10-14-6-7-17(28-9-14)37-15-11-29-22(30-12-15)24(25,26)27/h6-7,9,11-13,18H,4-5,8,10H2,1-3H3,(H,31,32,33)/t18-/m0/s1. The second-order valence-electron chi connectivity index (χ2n) is 9.26. The lowest BCUT2D eigenvalue weighted by Gasteiger charge is -2.44. The van der Waals surface area contributed by atoms with E-state index in [9.17, 15) is 18.0 Å². The number of pyridine rings is 1. The first-order valence-electron chi connectivity index (χ1n) is 11.8. The number of nitrogens with one attached hydrogen (secondary N) is 1. The van der Waals surface area contributed by atoms with Crippen LogP contribution in [0.4, 0.5) is 30.6 Å². The zero-order chi connectivity index (χ0) is 26.3. The van der Waals surface area contributed by atoms with Crippen molar-refractivity contribution >= 4 is 23.4 Å². The van der Waals surface area contributed by atoms with Gasteiger partial charge in [-0.2, -0.15) is 18.2 Å². The minimum Gasteiger partial charge on any atom is -0.436 e. The number of halogens is 3. The summed E-state index contributed by atoms with van der Waals surface area (Å²) >= 11 is 0. The Balaban J connectivity index is 1.28. The molecule has 13 heteroatoms. The summed E-state index contributed by atoms with van der Waals surface area (Å²) in [5, 5.41) is 3.23. The normalized spacial score (nSPS) is 17.2. The Morgan fingerprint density at radius 2 is 1.89 bits per heavy atom. The number of rotatable bonds is 6. The monoisotopic (exact) mass is 514 g/mol.